The van der Waals surface area contributed by atoms with Crippen LogP contribution in [0.4, 0.5) is 4.79 Å². The zero-order valence-corrected chi connectivity index (χ0v) is 11.1. The quantitative estimate of drug-likeness (QED) is 0.556. The number of esters is 1. The average Bonchev–Trinajstić information content (AvgIpc) is 2.93. The van der Waals surface area contributed by atoms with Crippen LogP contribution in [0, 0.1) is 0 Å². The van der Waals surface area contributed by atoms with Crippen LogP contribution in [0.3, 0.4) is 0 Å². The smallest absolute Gasteiger partial charge is 0.315 e. The second kappa shape index (κ2) is 9.02. The minimum absolute atomic E-state index is 0.191. The summed E-state index contributed by atoms with van der Waals surface area (Å²) in [6.07, 6.45) is 4.50. The highest BCUT2D eigenvalue weighted by Gasteiger charge is 2.02. The van der Waals surface area contributed by atoms with E-state index in [1.165, 1.54) is 7.11 Å². The van der Waals surface area contributed by atoms with Crippen molar-refractivity contribution in [2.24, 2.45) is 0 Å². The van der Waals surface area contributed by atoms with Crippen molar-refractivity contribution >= 4 is 12.0 Å². The Balaban J connectivity index is 1.94. The maximum Gasteiger partial charge on any atom is 0.315 e. The summed E-state index contributed by atoms with van der Waals surface area (Å²) in [4.78, 5) is 22.2. The summed E-state index contributed by atoms with van der Waals surface area (Å²) in [6.45, 7) is 0.965. The molecule has 6 nitrogen and oxygen atoms in total. The van der Waals surface area contributed by atoms with Gasteiger partial charge in [-0.3, -0.25) is 4.79 Å². The van der Waals surface area contributed by atoms with Crippen LogP contribution in [0.5, 0.6) is 0 Å². The standard InChI is InChI=1S/C13H20N2O4/c1-18-12(16)7-3-2-4-8-14-13(17)15-10-11-6-5-9-19-11/h5-6,9H,2-4,7-8,10H2,1H3,(H2,14,15,17). The van der Waals surface area contributed by atoms with Gasteiger partial charge in [0.2, 0.25) is 0 Å². The van der Waals surface area contributed by atoms with E-state index in [0.717, 1.165) is 19.3 Å². The van der Waals surface area contributed by atoms with E-state index < -0.39 is 0 Å². The Morgan fingerprint density at radius 2 is 2.11 bits per heavy atom. The van der Waals surface area contributed by atoms with E-state index in [0.29, 0.717) is 25.3 Å². The van der Waals surface area contributed by atoms with Crippen molar-refractivity contribution in [3.63, 3.8) is 0 Å². The molecule has 6 heteroatoms. The first-order valence-corrected chi connectivity index (χ1v) is 6.33. The molecule has 0 aliphatic rings. The van der Waals surface area contributed by atoms with E-state index in [4.69, 9.17) is 4.42 Å². The van der Waals surface area contributed by atoms with Gasteiger partial charge in [-0.2, -0.15) is 0 Å². The molecule has 0 radical (unpaired) electrons. The molecule has 0 unspecified atom stereocenters. The number of carbonyl (C=O) groups excluding carboxylic acids is 2. The Bertz CT molecular complexity index is 376. The number of ether oxygens (including phenoxy) is 1. The van der Waals surface area contributed by atoms with Gasteiger partial charge in [0.25, 0.3) is 0 Å². The molecule has 1 rings (SSSR count). The van der Waals surface area contributed by atoms with E-state index in [1.54, 1.807) is 18.4 Å². The first kappa shape index (κ1) is 15.1. The van der Waals surface area contributed by atoms with Crippen LogP contribution < -0.4 is 10.6 Å². The van der Waals surface area contributed by atoms with Crippen LogP contribution in [0.1, 0.15) is 31.4 Å². The first-order chi connectivity index (χ1) is 9.22. The van der Waals surface area contributed by atoms with Gasteiger partial charge >= 0.3 is 12.0 Å². The fourth-order valence-electron chi connectivity index (χ4n) is 1.52. The highest BCUT2D eigenvalue weighted by Crippen LogP contribution is 2.00. The van der Waals surface area contributed by atoms with Crippen molar-refractivity contribution in [1.29, 1.82) is 0 Å². The molecule has 0 fully saturated rings. The maximum atomic E-state index is 11.4. The molecule has 0 aromatic carbocycles. The minimum Gasteiger partial charge on any atom is -0.469 e. The molecule has 0 saturated heterocycles. The van der Waals surface area contributed by atoms with Crippen LogP contribution in [-0.4, -0.2) is 25.7 Å². The Morgan fingerprint density at radius 3 is 2.79 bits per heavy atom. The molecule has 2 N–H and O–H groups in total. The van der Waals surface area contributed by atoms with E-state index >= 15 is 0 Å². The van der Waals surface area contributed by atoms with Gasteiger partial charge in [-0.1, -0.05) is 6.42 Å². The number of carbonyl (C=O) groups is 2. The van der Waals surface area contributed by atoms with Gasteiger partial charge in [0.05, 0.1) is 19.9 Å². The summed E-state index contributed by atoms with van der Waals surface area (Å²) >= 11 is 0. The van der Waals surface area contributed by atoms with Gasteiger partial charge in [-0.15, -0.1) is 0 Å². The number of nitrogens with one attached hydrogen (secondary N) is 2. The molecule has 0 bridgehead atoms. The first-order valence-electron chi connectivity index (χ1n) is 6.33. The molecule has 1 aromatic heterocycles. The van der Waals surface area contributed by atoms with Gasteiger partial charge in [0.1, 0.15) is 5.76 Å². The zero-order valence-electron chi connectivity index (χ0n) is 11.1. The number of hydrogen-bond donors (Lipinski definition) is 2. The van der Waals surface area contributed by atoms with Crippen molar-refractivity contribution in [3.05, 3.63) is 24.2 Å². The lowest BCUT2D eigenvalue weighted by Gasteiger charge is -2.06. The van der Waals surface area contributed by atoms with Crippen LogP contribution in [0.25, 0.3) is 0 Å². The normalized spacial score (nSPS) is 9.95. The third-order valence-electron chi connectivity index (χ3n) is 2.57. The van der Waals surface area contributed by atoms with Crippen molar-refractivity contribution in [2.45, 2.75) is 32.2 Å². The highest BCUT2D eigenvalue weighted by atomic mass is 16.5. The summed E-state index contributed by atoms with van der Waals surface area (Å²) in [5.41, 5.74) is 0. The number of urea groups is 1. The van der Waals surface area contributed by atoms with Gasteiger partial charge < -0.3 is 19.8 Å². The number of furan rings is 1. The van der Waals surface area contributed by atoms with E-state index in [2.05, 4.69) is 15.4 Å². The predicted molar refractivity (Wildman–Crippen MR) is 69.4 cm³/mol. The van der Waals surface area contributed by atoms with E-state index in [-0.39, 0.29) is 12.0 Å². The van der Waals surface area contributed by atoms with Crippen molar-refractivity contribution in [3.8, 4) is 0 Å². The molecule has 0 spiro atoms. The topological polar surface area (TPSA) is 80.6 Å². The van der Waals surface area contributed by atoms with Gasteiger partial charge in [-0.25, -0.2) is 4.79 Å². The summed E-state index contributed by atoms with van der Waals surface area (Å²) in [5, 5.41) is 5.42. The molecule has 0 aliphatic carbocycles. The van der Waals surface area contributed by atoms with Crippen LogP contribution in [0.2, 0.25) is 0 Å². The molecule has 2 amide bonds. The molecule has 1 heterocycles. The van der Waals surface area contributed by atoms with E-state index in [9.17, 15) is 9.59 Å². The molecule has 106 valence electrons. The Labute approximate surface area is 112 Å². The summed E-state index contributed by atoms with van der Waals surface area (Å²) in [7, 11) is 1.38. The number of hydrogen-bond acceptors (Lipinski definition) is 4. The predicted octanol–water partition coefficient (Wildman–Crippen LogP) is 1.81. The fraction of sp³-hybridized carbons (Fsp3) is 0.538. The third kappa shape index (κ3) is 7.13. The lowest BCUT2D eigenvalue weighted by atomic mass is 10.2. The molecule has 19 heavy (non-hydrogen) atoms. The average molecular weight is 268 g/mol. The van der Waals surface area contributed by atoms with E-state index in [1.807, 2.05) is 0 Å². The second-order valence-corrected chi connectivity index (χ2v) is 4.08. The molecule has 0 aliphatic heterocycles. The van der Waals surface area contributed by atoms with Crippen LogP contribution in [0.15, 0.2) is 22.8 Å². The SMILES string of the molecule is COC(=O)CCCCCNC(=O)NCc1ccco1. The number of amides is 2. The van der Waals surface area contributed by atoms with Crippen molar-refractivity contribution in [1.82, 2.24) is 10.6 Å². The van der Waals surface area contributed by atoms with Crippen molar-refractivity contribution in [2.75, 3.05) is 13.7 Å². The molecule has 0 atom stereocenters. The largest absolute Gasteiger partial charge is 0.469 e. The number of unbranched alkanes of at least 4 members (excludes halogenated alkanes) is 2. The summed E-state index contributed by atoms with van der Waals surface area (Å²) < 4.78 is 9.62. The van der Waals surface area contributed by atoms with Gasteiger partial charge in [-0.05, 0) is 25.0 Å². The van der Waals surface area contributed by atoms with Gasteiger partial charge in [0, 0.05) is 13.0 Å². The fourth-order valence-corrected chi connectivity index (χ4v) is 1.52. The summed E-state index contributed by atoms with van der Waals surface area (Å²) in [5.74, 6) is 0.525. The Hall–Kier alpha value is -1.98. The molecular formula is C13H20N2O4. The lowest BCUT2D eigenvalue weighted by Crippen LogP contribution is -2.35. The van der Waals surface area contributed by atoms with Crippen LogP contribution in [-0.2, 0) is 16.1 Å². The third-order valence-corrected chi connectivity index (χ3v) is 2.57. The monoisotopic (exact) mass is 268 g/mol. The molecule has 0 saturated carbocycles. The van der Waals surface area contributed by atoms with Crippen molar-refractivity contribution < 1.29 is 18.7 Å². The maximum absolute atomic E-state index is 11.4. The molecule has 1 aromatic rings. The minimum atomic E-state index is -0.218. The van der Waals surface area contributed by atoms with Crippen LogP contribution >= 0.6 is 0 Å². The Morgan fingerprint density at radius 1 is 1.26 bits per heavy atom. The Kier molecular flexibility index (Phi) is 7.16. The number of methoxy groups -OCH3 is 1. The number of rotatable bonds is 8. The summed E-state index contributed by atoms with van der Waals surface area (Å²) in [6, 6.07) is 3.35. The van der Waals surface area contributed by atoms with Gasteiger partial charge in [0.15, 0.2) is 0 Å². The zero-order chi connectivity index (χ0) is 13.9. The highest BCUT2D eigenvalue weighted by molar-refractivity contribution is 5.73. The molecular weight excluding hydrogens is 248 g/mol. The lowest BCUT2D eigenvalue weighted by molar-refractivity contribution is -0.140. The second-order valence-electron chi connectivity index (χ2n) is 4.08.